The van der Waals surface area contributed by atoms with Gasteiger partial charge in [-0.2, -0.15) is 5.26 Å². The summed E-state index contributed by atoms with van der Waals surface area (Å²) in [5, 5.41) is 19.3. The summed E-state index contributed by atoms with van der Waals surface area (Å²) >= 11 is 1.11. The van der Waals surface area contributed by atoms with Crippen LogP contribution in [-0.2, 0) is 11.3 Å². The lowest BCUT2D eigenvalue weighted by molar-refractivity contribution is -0.113. The van der Waals surface area contributed by atoms with Gasteiger partial charge in [0.05, 0.1) is 23.5 Å². The van der Waals surface area contributed by atoms with E-state index in [0.29, 0.717) is 17.1 Å². The number of rotatable bonds is 5. The number of amides is 1. The summed E-state index contributed by atoms with van der Waals surface area (Å²) in [6.07, 6.45) is 0. The number of anilines is 1. The van der Waals surface area contributed by atoms with E-state index in [0.717, 1.165) is 11.8 Å². The largest absolute Gasteiger partial charge is 0.415 e. The van der Waals surface area contributed by atoms with Crippen molar-refractivity contribution in [1.82, 2.24) is 10.2 Å². The van der Waals surface area contributed by atoms with Crippen molar-refractivity contribution in [2.45, 2.75) is 11.8 Å². The Hall–Kier alpha value is -2.37. The summed E-state index contributed by atoms with van der Waals surface area (Å²) in [6.45, 7) is 0.162. The summed E-state index contributed by atoms with van der Waals surface area (Å²) in [4.78, 5) is 11.8. The lowest BCUT2D eigenvalue weighted by atomic mass is 10.2. The number of hydrogen-bond donors (Lipinski definition) is 2. The number of hydrogen-bond acceptors (Lipinski definition) is 7. The van der Waals surface area contributed by atoms with E-state index in [1.54, 1.807) is 24.3 Å². The molecular formula is C12H11N5O2S. The van der Waals surface area contributed by atoms with Gasteiger partial charge in [-0.15, -0.1) is 10.2 Å². The van der Waals surface area contributed by atoms with Gasteiger partial charge in [0.25, 0.3) is 5.22 Å². The summed E-state index contributed by atoms with van der Waals surface area (Å²) in [6, 6.07) is 8.79. The summed E-state index contributed by atoms with van der Waals surface area (Å²) < 4.78 is 5.16. The van der Waals surface area contributed by atoms with E-state index in [1.165, 1.54) is 0 Å². The number of nitriles is 1. The third-order valence-corrected chi connectivity index (χ3v) is 3.09. The van der Waals surface area contributed by atoms with Crippen LogP contribution in [0.4, 0.5) is 5.69 Å². The van der Waals surface area contributed by atoms with Gasteiger partial charge in [-0.25, -0.2) is 0 Å². The molecule has 2 rings (SSSR count). The predicted octanol–water partition coefficient (Wildman–Crippen LogP) is 1.13. The SMILES string of the molecule is N#Cc1ccccc1NC(=O)CSc1nnc(CN)o1. The first kappa shape index (κ1) is 14.0. The number of carbonyl (C=O) groups is 1. The fourth-order valence-electron chi connectivity index (χ4n) is 1.38. The third kappa shape index (κ3) is 3.57. The summed E-state index contributed by atoms with van der Waals surface area (Å²) in [7, 11) is 0. The maximum atomic E-state index is 11.8. The number of nitrogens with one attached hydrogen (secondary N) is 1. The van der Waals surface area contributed by atoms with Gasteiger partial charge in [0.15, 0.2) is 0 Å². The minimum absolute atomic E-state index is 0.103. The minimum atomic E-state index is -0.259. The number of nitrogens with zero attached hydrogens (tertiary/aromatic N) is 3. The van der Waals surface area contributed by atoms with Crippen molar-refractivity contribution < 1.29 is 9.21 Å². The Balaban J connectivity index is 1.91. The van der Waals surface area contributed by atoms with E-state index >= 15 is 0 Å². The quantitative estimate of drug-likeness (QED) is 0.792. The van der Waals surface area contributed by atoms with Crippen molar-refractivity contribution in [2.24, 2.45) is 5.73 Å². The molecule has 0 saturated heterocycles. The van der Waals surface area contributed by atoms with Gasteiger partial charge >= 0.3 is 0 Å². The molecule has 0 fully saturated rings. The first-order chi connectivity index (χ1) is 9.72. The molecule has 0 atom stereocenters. The van der Waals surface area contributed by atoms with Crippen molar-refractivity contribution >= 4 is 23.4 Å². The van der Waals surface area contributed by atoms with Crippen LogP contribution in [0.1, 0.15) is 11.5 Å². The second-order valence-electron chi connectivity index (χ2n) is 3.66. The normalized spacial score (nSPS) is 10.0. The van der Waals surface area contributed by atoms with E-state index in [1.807, 2.05) is 6.07 Å². The maximum absolute atomic E-state index is 11.8. The average molecular weight is 289 g/mol. The number of thioether (sulfide) groups is 1. The number of para-hydroxylation sites is 1. The fraction of sp³-hybridized carbons (Fsp3) is 0.167. The Kier molecular flexibility index (Phi) is 4.70. The number of nitrogens with two attached hydrogens (primary N) is 1. The molecule has 1 aromatic carbocycles. The zero-order chi connectivity index (χ0) is 14.4. The molecule has 0 saturated carbocycles. The van der Waals surface area contributed by atoms with Crippen LogP contribution in [0, 0.1) is 11.3 Å². The van der Waals surface area contributed by atoms with E-state index in [4.69, 9.17) is 15.4 Å². The Morgan fingerprint density at radius 3 is 2.95 bits per heavy atom. The van der Waals surface area contributed by atoms with Crippen molar-refractivity contribution in [3.8, 4) is 6.07 Å². The Morgan fingerprint density at radius 2 is 2.25 bits per heavy atom. The van der Waals surface area contributed by atoms with Crippen molar-refractivity contribution in [2.75, 3.05) is 11.1 Å². The molecule has 20 heavy (non-hydrogen) atoms. The van der Waals surface area contributed by atoms with E-state index in [-0.39, 0.29) is 23.4 Å². The molecule has 0 aliphatic rings. The summed E-state index contributed by atoms with van der Waals surface area (Å²) in [5.41, 5.74) is 6.23. The highest BCUT2D eigenvalue weighted by atomic mass is 32.2. The molecule has 0 unspecified atom stereocenters. The van der Waals surface area contributed by atoms with Crippen LogP contribution in [0.3, 0.4) is 0 Å². The number of aromatic nitrogens is 2. The van der Waals surface area contributed by atoms with E-state index < -0.39 is 0 Å². The number of carbonyl (C=O) groups excluding carboxylic acids is 1. The first-order valence-corrected chi connectivity index (χ1v) is 6.65. The van der Waals surface area contributed by atoms with Crippen LogP contribution >= 0.6 is 11.8 Å². The van der Waals surface area contributed by atoms with Gasteiger partial charge in [-0.05, 0) is 12.1 Å². The van der Waals surface area contributed by atoms with Crippen LogP contribution in [-0.4, -0.2) is 21.9 Å². The molecule has 0 spiro atoms. The molecule has 1 amide bonds. The number of benzene rings is 1. The van der Waals surface area contributed by atoms with Crippen molar-refractivity contribution in [3.05, 3.63) is 35.7 Å². The van der Waals surface area contributed by atoms with E-state index in [2.05, 4.69) is 15.5 Å². The van der Waals surface area contributed by atoms with Gasteiger partial charge in [0.2, 0.25) is 11.8 Å². The highest BCUT2D eigenvalue weighted by Crippen LogP contribution is 2.18. The van der Waals surface area contributed by atoms with E-state index in [9.17, 15) is 4.79 Å². The third-order valence-electron chi connectivity index (χ3n) is 2.27. The molecule has 0 bridgehead atoms. The standard InChI is InChI=1S/C12H11N5O2S/c13-5-8-3-1-2-4-9(8)15-10(18)7-20-12-17-16-11(6-14)19-12/h1-4H,6-7,14H2,(H,15,18). The van der Waals surface area contributed by atoms with Crippen LogP contribution in [0.2, 0.25) is 0 Å². The average Bonchev–Trinajstić information content (AvgIpc) is 2.94. The highest BCUT2D eigenvalue weighted by Gasteiger charge is 2.10. The Labute approximate surface area is 119 Å². The molecule has 0 aliphatic heterocycles. The molecule has 2 aromatic rings. The molecule has 0 aliphatic carbocycles. The van der Waals surface area contributed by atoms with Crippen molar-refractivity contribution in [3.63, 3.8) is 0 Å². The Bertz CT molecular complexity index is 649. The lowest BCUT2D eigenvalue weighted by Crippen LogP contribution is -2.14. The molecule has 1 aromatic heterocycles. The highest BCUT2D eigenvalue weighted by molar-refractivity contribution is 7.99. The van der Waals surface area contributed by atoms with Crippen LogP contribution in [0.15, 0.2) is 33.9 Å². The van der Waals surface area contributed by atoms with Gasteiger partial charge in [-0.3, -0.25) is 4.79 Å². The van der Waals surface area contributed by atoms with Gasteiger partial charge < -0.3 is 15.5 Å². The molecular weight excluding hydrogens is 278 g/mol. The second kappa shape index (κ2) is 6.70. The second-order valence-corrected chi connectivity index (χ2v) is 4.59. The van der Waals surface area contributed by atoms with Crippen LogP contribution < -0.4 is 11.1 Å². The maximum Gasteiger partial charge on any atom is 0.277 e. The molecule has 1 heterocycles. The first-order valence-electron chi connectivity index (χ1n) is 5.67. The van der Waals surface area contributed by atoms with Gasteiger partial charge in [0, 0.05) is 0 Å². The molecule has 7 nitrogen and oxygen atoms in total. The molecule has 3 N–H and O–H groups in total. The van der Waals surface area contributed by atoms with Crippen LogP contribution in [0.25, 0.3) is 0 Å². The van der Waals surface area contributed by atoms with Gasteiger partial charge in [-0.1, -0.05) is 23.9 Å². The zero-order valence-electron chi connectivity index (χ0n) is 10.4. The smallest absolute Gasteiger partial charge is 0.277 e. The lowest BCUT2D eigenvalue weighted by Gasteiger charge is -2.05. The fourth-order valence-corrected chi connectivity index (χ4v) is 1.96. The van der Waals surface area contributed by atoms with Gasteiger partial charge in [0.1, 0.15) is 6.07 Å². The van der Waals surface area contributed by atoms with Crippen LogP contribution in [0.5, 0.6) is 0 Å². The predicted molar refractivity (Wildman–Crippen MR) is 72.7 cm³/mol. The minimum Gasteiger partial charge on any atom is -0.415 e. The molecule has 0 radical (unpaired) electrons. The molecule has 8 heteroatoms. The Morgan fingerprint density at radius 1 is 1.45 bits per heavy atom. The summed E-state index contributed by atoms with van der Waals surface area (Å²) in [5.74, 6) is 0.166. The zero-order valence-corrected chi connectivity index (χ0v) is 11.2. The van der Waals surface area contributed by atoms with Crippen molar-refractivity contribution in [1.29, 1.82) is 5.26 Å². The topological polar surface area (TPSA) is 118 Å². The monoisotopic (exact) mass is 289 g/mol. The molecule has 102 valence electrons.